The van der Waals surface area contributed by atoms with Gasteiger partial charge in [-0.3, -0.25) is 9.88 Å². The van der Waals surface area contributed by atoms with Crippen LogP contribution in [0.4, 0.5) is 5.82 Å². The number of hydrogen-bond donors (Lipinski definition) is 0. The lowest BCUT2D eigenvalue weighted by Crippen LogP contribution is -2.47. The van der Waals surface area contributed by atoms with E-state index >= 15 is 0 Å². The Balaban J connectivity index is 1.61. The van der Waals surface area contributed by atoms with Gasteiger partial charge in [0.2, 0.25) is 0 Å². The molecule has 3 rings (SSSR count). The van der Waals surface area contributed by atoms with E-state index < -0.39 is 0 Å². The van der Waals surface area contributed by atoms with Crippen molar-refractivity contribution in [2.24, 2.45) is 0 Å². The zero-order chi connectivity index (χ0) is 14.7. The van der Waals surface area contributed by atoms with Crippen LogP contribution in [0.1, 0.15) is 18.5 Å². The minimum absolute atomic E-state index is 0.438. The molecule has 3 heterocycles. The molecule has 5 heteroatoms. The Morgan fingerprint density at radius 3 is 2.38 bits per heavy atom. The van der Waals surface area contributed by atoms with Crippen LogP contribution in [0.5, 0.6) is 0 Å². The normalized spacial score (nSPS) is 17.7. The second-order valence-electron chi connectivity index (χ2n) is 5.31. The largest absolute Gasteiger partial charge is 0.354 e. The molecule has 0 spiro atoms. The molecule has 0 aliphatic carbocycles. The Labute approximate surface area is 133 Å². The number of piperazine rings is 1. The average molecular weight is 347 g/mol. The quantitative estimate of drug-likeness (QED) is 0.854. The van der Waals surface area contributed by atoms with E-state index in [9.17, 15) is 0 Å². The van der Waals surface area contributed by atoms with Gasteiger partial charge in [-0.15, -0.1) is 0 Å². The fourth-order valence-electron chi connectivity index (χ4n) is 2.75. The fourth-order valence-corrected chi connectivity index (χ4v) is 2.98. The van der Waals surface area contributed by atoms with Gasteiger partial charge in [0.1, 0.15) is 5.82 Å². The second-order valence-corrected chi connectivity index (χ2v) is 6.23. The Hall–Kier alpha value is -1.46. The zero-order valence-corrected chi connectivity index (χ0v) is 13.7. The lowest BCUT2D eigenvalue weighted by molar-refractivity contribution is 0.198. The summed E-state index contributed by atoms with van der Waals surface area (Å²) in [6.07, 6.45) is 5.60. The van der Waals surface area contributed by atoms with Gasteiger partial charge in [0.25, 0.3) is 0 Å². The van der Waals surface area contributed by atoms with Crippen LogP contribution in [-0.2, 0) is 0 Å². The third-order valence-corrected chi connectivity index (χ3v) is 4.56. The highest BCUT2D eigenvalue weighted by molar-refractivity contribution is 9.10. The summed E-state index contributed by atoms with van der Waals surface area (Å²) >= 11 is 3.43. The van der Waals surface area contributed by atoms with Crippen LogP contribution in [0.25, 0.3) is 0 Å². The van der Waals surface area contributed by atoms with Crippen molar-refractivity contribution >= 4 is 21.7 Å². The zero-order valence-electron chi connectivity index (χ0n) is 12.1. The number of rotatable bonds is 3. The Morgan fingerprint density at radius 1 is 1.05 bits per heavy atom. The van der Waals surface area contributed by atoms with Gasteiger partial charge in [-0.05, 0) is 52.7 Å². The molecule has 2 aromatic rings. The molecule has 0 radical (unpaired) electrons. The molecule has 1 aliphatic rings. The van der Waals surface area contributed by atoms with Crippen molar-refractivity contribution in [3.63, 3.8) is 0 Å². The summed E-state index contributed by atoms with van der Waals surface area (Å²) in [5.41, 5.74) is 1.33. The molecule has 0 aromatic carbocycles. The van der Waals surface area contributed by atoms with Gasteiger partial charge in [-0.25, -0.2) is 4.98 Å². The van der Waals surface area contributed by atoms with E-state index in [1.807, 2.05) is 24.7 Å². The number of pyridine rings is 2. The van der Waals surface area contributed by atoms with Crippen molar-refractivity contribution in [1.82, 2.24) is 14.9 Å². The first-order chi connectivity index (χ1) is 10.2. The van der Waals surface area contributed by atoms with E-state index in [-0.39, 0.29) is 0 Å². The maximum absolute atomic E-state index is 4.48. The van der Waals surface area contributed by atoms with Crippen LogP contribution in [0.15, 0.2) is 47.3 Å². The molecule has 1 atom stereocenters. The van der Waals surface area contributed by atoms with E-state index in [4.69, 9.17) is 0 Å². The summed E-state index contributed by atoms with van der Waals surface area (Å²) < 4.78 is 1.02. The SMILES string of the molecule is CC(c1ccncc1)N1CCN(c2ccc(Br)cn2)CC1. The van der Waals surface area contributed by atoms with Crippen molar-refractivity contribution in [2.45, 2.75) is 13.0 Å². The van der Waals surface area contributed by atoms with E-state index in [0.717, 1.165) is 36.5 Å². The highest BCUT2D eigenvalue weighted by Crippen LogP contribution is 2.23. The fraction of sp³-hybridized carbons (Fsp3) is 0.375. The molecular weight excluding hydrogens is 328 g/mol. The lowest BCUT2D eigenvalue weighted by Gasteiger charge is -2.38. The standard InChI is InChI=1S/C16H19BrN4/c1-13(14-4-6-18-7-5-14)20-8-10-21(11-9-20)16-3-2-15(17)12-19-16/h2-7,12-13H,8-11H2,1H3. The van der Waals surface area contributed by atoms with Crippen molar-refractivity contribution in [1.29, 1.82) is 0 Å². The highest BCUT2D eigenvalue weighted by Gasteiger charge is 2.22. The Kier molecular flexibility index (Phi) is 4.51. The van der Waals surface area contributed by atoms with Gasteiger partial charge >= 0.3 is 0 Å². The van der Waals surface area contributed by atoms with Crippen molar-refractivity contribution < 1.29 is 0 Å². The van der Waals surface area contributed by atoms with E-state index in [1.54, 1.807) is 0 Å². The average Bonchev–Trinajstić information content (AvgIpc) is 2.56. The maximum atomic E-state index is 4.48. The van der Waals surface area contributed by atoms with Crippen LogP contribution in [0, 0.1) is 0 Å². The van der Waals surface area contributed by atoms with Crippen LogP contribution >= 0.6 is 15.9 Å². The van der Waals surface area contributed by atoms with Crippen LogP contribution in [-0.4, -0.2) is 41.0 Å². The molecule has 0 amide bonds. The third-order valence-electron chi connectivity index (χ3n) is 4.09. The predicted molar refractivity (Wildman–Crippen MR) is 88.4 cm³/mol. The van der Waals surface area contributed by atoms with E-state index in [0.29, 0.717) is 6.04 Å². The third kappa shape index (κ3) is 3.41. The molecule has 0 bridgehead atoms. The Bertz CT molecular complexity index is 565. The maximum Gasteiger partial charge on any atom is 0.128 e. The molecule has 1 saturated heterocycles. The highest BCUT2D eigenvalue weighted by atomic mass is 79.9. The molecule has 110 valence electrons. The molecule has 4 nitrogen and oxygen atoms in total. The van der Waals surface area contributed by atoms with E-state index in [2.05, 4.69) is 60.8 Å². The van der Waals surface area contributed by atoms with Crippen LogP contribution in [0.3, 0.4) is 0 Å². The molecule has 2 aromatic heterocycles. The summed E-state index contributed by atoms with van der Waals surface area (Å²) in [4.78, 5) is 13.4. The minimum atomic E-state index is 0.438. The van der Waals surface area contributed by atoms with Gasteiger partial charge in [0.05, 0.1) is 0 Å². The molecule has 1 fully saturated rings. The van der Waals surface area contributed by atoms with Crippen LogP contribution < -0.4 is 4.90 Å². The Morgan fingerprint density at radius 2 is 1.76 bits per heavy atom. The van der Waals surface area contributed by atoms with Crippen molar-refractivity contribution in [3.8, 4) is 0 Å². The lowest BCUT2D eigenvalue weighted by atomic mass is 10.1. The van der Waals surface area contributed by atoms with Gasteiger partial charge in [-0.1, -0.05) is 0 Å². The first-order valence-corrected chi connectivity index (χ1v) is 8.04. The van der Waals surface area contributed by atoms with Crippen LogP contribution in [0.2, 0.25) is 0 Å². The molecular formula is C16H19BrN4. The predicted octanol–water partition coefficient (Wildman–Crippen LogP) is 3.12. The summed E-state index contributed by atoms with van der Waals surface area (Å²) in [7, 11) is 0. The first kappa shape index (κ1) is 14.5. The summed E-state index contributed by atoms with van der Waals surface area (Å²) in [5, 5.41) is 0. The van der Waals surface area contributed by atoms with Gasteiger partial charge in [0.15, 0.2) is 0 Å². The number of nitrogens with zero attached hydrogens (tertiary/aromatic N) is 4. The topological polar surface area (TPSA) is 32.3 Å². The number of hydrogen-bond acceptors (Lipinski definition) is 4. The molecule has 21 heavy (non-hydrogen) atoms. The molecule has 0 saturated carbocycles. The summed E-state index contributed by atoms with van der Waals surface area (Å²) in [5.74, 6) is 1.06. The minimum Gasteiger partial charge on any atom is -0.354 e. The summed E-state index contributed by atoms with van der Waals surface area (Å²) in [6.45, 7) is 6.42. The second kappa shape index (κ2) is 6.54. The first-order valence-electron chi connectivity index (χ1n) is 7.24. The van der Waals surface area contributed by atoms with Gasteiger partial charge in [-0.2, -0.15) is 0 Å². The molecule has 1 aliphatic heterocycles. The molecule has 0 N–H and O–H groups in total. The number of halogens is 1. The smallest absolute Gasteiger partial charge is 0.128 e. The van der Waals surface area contributed by atoms with Crippen molar-refractivity contribution in [2.75, 3.05) is 31.1 Å². The van der Waals surface area contributed by atoms with E-state index in [1.165, 1.54) is 5.56 Å². The molecule has 1 unspecified atom stereocenters. The number of anilines is 1. The number of aromatic nitrogens is 2. The summed E-state index contributed by atoms with van der Waals surface area (Å²) in [6, 6.07) is 8.77. The van der Waals surface area contributed by atoms with Gasteiger partial charge in [0, 0.05) is 55.3 Å². The monoisotopic (exact) mass is 346 g/mol. The van der Waals surface area contributed by atoms with Crippen molar-refractivity contribution in [3.05, 3.63) is 52.9 Å². The van der Waals surface area contributed by atoms with Gasteiger partial charge < -0.3 is 4.90 Å².